The molecule has 0 radical (unpaired) electrons. The van der Waals surface area contributed by atoms with Crippen LogP contribution in [-0.4, -0.2) is 55.5 Å². The monoisotopic (exact) mass is 521 g/mol. The van der Waals surface area contributed by atoms with Crippen LogP contribution >= 0.6 is 23.4 Å². The molecule has 2 aliphatic heterocycles. The maximum absolute atomic E-state index is 13.7. The van der Waals surface area contributed by atoms with Crippen molar-refractivity contribution in [3.05, 3.63) is 82.4 Å². The zero-order valence-corrected chi connectivity index (χ0v) is 21.2. The van der Waals surface area contributed by atoms with Crippen LogP contribution in [0.4, 0.5) is 11.4 Å². The van der Waals surface area contributed by atoms with Gasteiger partial charge in [-0.15, -0.1) is 0 Å². The number of amides is 3. The number of anilines is 2. The zero-order chi connectivity index (χ0) is 25.2. The number of carbonyl (C=O) groups is 3. The summed E-state index contributed by atoms with van der Waals surface area (Å²) >= 11 is 7.74. The number of nitrogens with zero attached hydrogens (tertiary/aromatic N) is 2. The quantitative estimate of drug-likeness (QED) is 0.530. The molecule has 5 rings (SSSR count). The Balaban J connectivity index is 1.49. The molecular formula is C27H24ClN3O4S. The summed E-state index contributed by atoms with van der Waals surface area (Å²) in [7, 11) is 0. The summed E-state index contributed by atoms with van der Waals surface area (Å²) < 4.78 is 5.36. The summed E-state index contributed by atoms with van der Waals surface area (Å²) in [5.41, 5.74) is 2.93. The molecule has 3 amide bonds. The van der Waals surface area contributed by atoms with Gasteiger partial charge in [-0.2, -0.15) is 0 Å². The number of aryl methyl sites for hydroxylation is 1. The molecule has 0 saturated carbocycles. The molecule has 9 heteroatoms. The van der Waals surface area contributed by atoms with Crippen molar-refractivity contribution in [1.82, 2.24) is 4.90 Å². The van der Waals surface area contributed by atoms with Gasteiger partial charge in [0, 0.05) is 28.4 Å². The van der Waals surface area contributed by atoms with Crippen LogP contribution in [0.1, 0.15) is 26.3 Å². The number of hydrogen-bond donors (Lipinski definition) is 1. The third-order valence-corrected chi connectivity index (χ3v) is 7.53. The number of nitrogens with one attached hydrogen (secondary N) is 1. The molecule has 2 heterocycles. The first-order valence-corrected chi connectivity index (χ1v) is 12.8. The Labute approximate surface area is 218 Å². The molecule has 184 valence electrons. The zero-order valence-electron chi connectivity index (χ0n) is 19.6. The lowest BCUT2D eigenvalue weighted by Crippen LogP contribution is -2.41. The van der Waals surface area contributed by atoms with Crippen molar-refractivity contribution in [3.8, 4) is 0 Å². The number of halogens is 1. The van der Waals surface area contributed by atoms with Crippen molar-refractivity contribution in [2.75, 3.05) is 43.1 Å². The van der Waals surface area contributed by atoms with Gasteiger partial charge in [0.2, 0.25) is 5.91 Å². The first-order valence-electron chi connectivity index (χ1n) is 11.6. The molecule has 1 fully saturated rings. The predicted molar refractivity (Wildman–Crippen MR) is 140 cm³/mol. The lowest BCUT2D eigenvalue weighted by molar-refractivity contribution is -0.114. The largest absolute Gasteiger partial charge is 0.378 e. The number of morpholine rings is 1. The molecule has 0 spiro atoms. The van der Waals surface area contributed by atoms with E-state index in [4.69, 9.17) is 16.3 Å². The summed E-state index contributed by atoms with van der Waals surface area (Å²) in [6, 6.07) is 18.0. The summed E-state index contributed by atoms with van der Waals surface area (Å²) in [4.78, 5) is 44.7. The Bertz CT molecular complexity index is 1360. The smallest absolute Gasteiger partial charge is 0.259 e. The summed E-state index contributed by atoms with van der Waals surface area (Å²) in [6.07, 6.45) is 0. The Kier molecular flexibility index (Phi) is 7.00. The van der Waals surface area contributed by atoms with E-state index in [1.807, 2.05) is 31.2 Å². The normalized spacial score (nSPS) is 15.1. The second-order valence-electron chi connectivity index (χ2n) is 8.61. The van der Waals surface area contributed by atoms with Gasteiger partial charge in [-0.25, -0.2) is 0 Å². The van der Waals surface area contributed by atoms with Crippen molar-refractivity contribution in [2.45, 2.75) is 16.7 Å². The van der Waals surface area contributed by atoms with E-state index < -0.39 is 5.91 Å². The predicted octanol–water partition coefficient (Wildman–Crippen LogP) is 4.87. The van der Waals surface area contributed by atoms with E-state index in [0.29, 0.717) is 53.8 Å². The molecule has 0 bridgehead atoms. The molecular weight excluding hydrogens is 498 g/mol. The number of carbonyl (C=O) groups excluding carboxylic acids is 3. The molecule has 0 aliphatic carbocycles. The van der Waals surface area contributed by atoms with E-state index in [1.165, 1.54) is 16.7 Å². The number of benzene rings is 3. The van der Waals surface area contributed by atoms with Crippen molar-refractivity contribution < 1.29 is 19.1 Å². The Morgan fingerprint density at radius 1 is 1.03 bits per heavy atom. The summed E-state index contributed by atoms with van der Waals surface area (Å²) in [5.74, 6) is -0.830. The third kappa shape index (κ3) is 4.97. The topological polar surface area (TPSA) is 79.0 Å². The average molecular weight is 522 g/mol. The van der Waals surface area contributed by atoms with Gasteiger partial charge in [0.15, 0.2) is 0 Å². The van der Waals surface area contributed by atoms with E-state index in [0.717, 1.165) is 15.4 Å². The highest BCUT2D eigenvalue weighted by atomic mass is 35.5. The van der Waals surface area contributed by atoms with Gasteiger partial charge in [0.05, 0.1) is 35.2 Å². The van der Waals surface area contributed by atoms with Crippen molar-refractivity contribution >= 4 is 52.5 Å². The highest BCUT2D eigenvalue weighted by Gasteiger charge is 2.30. The Hall–Kier alpha value is -3.33. The minimum atomic E-state index is -0.394. The van der Waals surface area contributed by atoms with E-state index in [2.05, 4.69) is 5.32 Å². The van der Waals surface area contributed by atoms with Crippen LogP contribution in [0.15, 0.2) is 70.5 Å². The first-order chi connectivity index (χ1) is 17.4. The molecule has 3 aromatic carbocycles. The van der Waals surface area contributed by atoms with Gasteiger partial charge in [-0.1, -0.05) is 41.6 Å². The number of hydrogen-bond acceptors (Lipinski definition) is 5. The van der Waals surface area contributed by atoms with Crippen LogP contribution in [0.5, 0.6) is 0 Å². The van der Waals surface area contributed by atoms with Gasteiger partial charge >= 0.3 is 0 Å². The fourth-order valence-corrected chi connectivity index (χ4v) is 5.56. The van der Waals surface area contributed by atoms with Crippen LogP contribution in [0, 0.1) is 6.92 Å². The fourth-order valence-electron chi connectivity index (χ4n) is 4.21. The highest BCUT2D eigenvalue weighted by Crippen LogP contribution is 2.42. The van der Waals surface area contributed by atoms with Crippen LogP contribution in [-0.2, 0) is 9.53 Å². The molecule has 7 nitrogen and oxygen atoms in total. The van der Waals surface area contributed by atoms with Crippen LogP contribution in [0.3, 0.4) is 0 Å². The number of rotatable bonds is 4. The lowest BCUT2D eigenvalue weighted by atomic mass is 10.1. The van der Waals surface area contributed by atoms with E-state index in [1.54, 1.807) is 41.3 Å². The van der Waals surface area contributed by atoms with Gasteiger partial charge in [-0.05, 0) is 55.0 Å². The Morgan fingerprint density at radius 3 is 2.58 bits per heavy atom. The molecule has 1 N–H and O–H groups in total. The molecule has 0 unspecified atom stereocenters. The fraction of sp³-hybridized carbons (Fsp3) is 0.222. The lowest BCUT2D eigenvalue weighted by Gasteiger charge is -2.28. The molecule has 36 heavy (non-hydrogen) atoms. The molecule has 0 aromatic heterocycles. The molecule has 2 aliphatic rings. The van der Waals surface area contributed by atoms with Crippen molar-refractivity contribution in [3.63, 3.8) is 0 Å². The summed E-state index contributed by atoms with van der Waals surface area (Å²) in [6.45, 7) is 3.69. The van der Waals surface area contributed by atoms with Gasteiger partial charge in [0.1, 0.15) is 6.54 Å². The second-order valence-corrected chi connectivity index (χ2v) is 10.1. The standard InChI is InChI=1S/C27H24ClN3O4S/c1-17-6-8-21(20(28)14-17)29-25(32)16-31-22-15-18(26(33)30-10-12-35-13-11-30)7-9-24(22)36-23-5-3-2-4-19(23)27(31)34/h2-9,14-15H,10-13,16H2,1H3,(H,29,32). The van der Waals surface area contributed by atoms with Gasteiger partial charge < -0.3 is 15.0 Å². The minimum absolute atomic E-state index is 0.129. The first kappa shape index (κ1) is 24.4. The molecule has 3 aromatic rings. The highest BCUT2D eigenvalue weighted by molar-refractivity contribution is 7.99. The van der Waals surface area contributed by atoms with E-state index in [-0.39, 0.29) is 18.4 Å². The van der Waals surface area contributed by atoms with Gasteiger partial charge in [0.25, 0.3) is 11.8 Å². The second kappa shape index (κ2) is 10.3. The van der Waals surface area contributed by atoms with Crippen LogP contribution in [0.2, 0.25) is 5.02 Å². The minimum Gasteiger partial charge on any atom is -0.378 e. The maximum atomic E-state index is 13.7. The summed E-state index contributed by atoms with van der Waals surface area (Å²) in [5, 5.41) is 3.23. The third-order valence-electron chi connectivity index (χ3n) is 6.08. The van der Waals surface area contributed by atoms with Gasteiger partial charge in [-0.3, -0.25) is 19.3 Å². The average Bonchev–Trinajstić information content (AvgIpc) is 3.00. The van der Waals surface area contributed by atoms with Crippen LogP contribution in [0.25, 0.3) is 0 Å². The van der Waals surface area contributed by atoms with Crippen molar-refractivity contribution in [1.29, 1.82) is 0 Å². The number of fused-ring (bicyclic) bond motifs is 2. The van der Waals surface area contributed by atoms with E-state index >= 15 is 0 Å². The SMILES string of the molecule is Cc1ccc(NC(=O)CN2C(=O)c3ccccc3Sc3ccc(C(=O)N4CCOCC4)cc32)c(Cl)c1. The Morgan fingerprint density at radius 2 is 1.81 bits per heavy atom. The van der Waals surface area contributed by atoms with Crippen LogP contribution < -0.4 is 10.2 Å². The maximum Gasteiger partial charge on any atom is 0.259 e. The van der Waals surface area contributed by atoms with E-state index in [9.17, 15) is 14.4 Å². The van der Waals surface area contributed by atoms with Crippen molar-refractivity contribution in [2.24, 2.45) is 0 Å². The molecule has 1 saturated heterocycles. The molecule has 0 atom stereocenters. The number of ether oxygens (including phenoxy) is 1.